The molecule has 1 aliphatic carbocycles. The van der Waals surface area contributed by atoms with E-state index in [2.05, 4.69) is 29.2 Å². The van der Waals surface area contributed by atoms with Gasteiger partial charge in [0.15, 0.2) is 0 Å². The summed E-state index contributed by atoms with van der Waals surface area (Å²) in [5.41, 5.74) is 1.03. The smallest absolute Gasteiger partial charge is 0.332 e. The lowest BCUT2D eigenvalue weighted by Gasteiger charge is -2.47. The number of piperidine rings is 1. The molecule has 1 amide bonds. The Bertz CT molecular complexity index is 856. The second-order valence-electron chi connectivity index (χ2n) is 8.29. The molecular formula is C25H30N2O3. The van der Waals surface area contributed by atoms with Gasteiger partial charge in [-0.1, -0.05) is 48.5 Å². The van der Waals surface area contributed by atoms with Crippen LogP contribution in [0.2, 0.25) is 0 Å². The summed E-state index contributed by atoms with van der Waals surface area (Å²) in [6.45, 7) is 4.54. The van der Waals surface area contributed by atoms with Gasteiger partial charge in [-0.15, -0.1) is 0 Å². The van der Waals surface area contributed by atoms with Gasteiger partial charge in [-0.3, -0.25) is 9.69 Å². The maximum atomic E-state index is 13.5. The van der Waals surface area contributed by atoms with Crippen LogP contribution in [0.3, 0.4) is 0 Å². The molecule has 0 atom stereocenters. The Morgan fingerprint density at radius 2 is 1.60 bits per heavy atom. The summed E-state index contributed by atoms with van der Waals surface area (Å²) < 4.78 is 5.53. The van der Waals surface area contributed by atoms with E-state index in [4.69, 9.17) is 4.74 Å². The van der Waals surface area contributed by atoms with Crippen LogP contribution in [-0.2, 0) is 16.1 Å². The van der Waals surface area contributed by atoms with Crippen molar-refractivity contribution in [1.29, 1.82) is 0 Å². The fourth-order valence-corrected chi connectivity index (χ4v) is 4.49. The fourth-order valence-electron chi connectivity index (χ4n) is 4.49. The van der Waals surface area contributed by atoms with E-state index in [-0.39, 0.29) is 17.9 Å². The normalized spacial score (nSPS) is 18.6. The van der Waals surface area contributed by atoms with Crippen molar-refractivity contribution in [1.82, 2.24) is 9.80 Å². The first-order valence-electron chi connectivity index (χ1n) is 11.0. The summed E-state index contributed by atoms with van der Waals surface area (Å²) >= 11 is 0. The van der Waals surface area contributed by atoms with Crippen LogP contribution in [0.15, 0.2) is 60.7 Å². The summed E-state index contributed by atoms with van der Waals surface area (Å²) in [6, 6.07) is 19.8. The lowest BCUT2D eigenvalue weighted by molar-refractivity contribution is -0.160. The second kappa shape index (κ2) is 9.00. The van der Waals surface area contributed by atoms with E-state index in [1.165, 1.54) is 5.56 Å². The number of esters is 1. The standard InChI is InChI=1S/C25H30N2O3/c1-2-30-24(29)25(15-17-26(18-16-25)19-20-9-5-3-6-10-20)27(22-13-14-22)23(28)21-11-7-4-8-12-21/h3-12,22H,2,13-19H2,1H3. The molecular weight excluding hydrogens is 376 g/mol. The zero-order valence-electron chi connectivity index (χ0n) is 17.6. The lowest BCUT2D eigenvalue weighted by atomic mass is 9.84. The number of likely N-dealkylation sites (tertiary alicyclic amines) is 1. The van der Waals surface area contributed by atoms with E-state index in [0.29, 0.717) is 25.0 Å². The minimum Gasteiger partial charge on any atom is -0.464 e. The number of hydrogen-bond acceptors (Lipinski definition) is 4. The topological polar surface area (TPSA) is 49.9 Å². The van der Waals surface area contributed by atoms with Crippen molar-refractivity contribution >= 4 is 11.9 Å². The molecule has 4 rings (SSSR count). The summed E-state index contributed by atoms with van der Waals surface area (Å²) in [5.74, 6) is -0.303. The number of carbonyl (C=O) groups is 2. The monoisotopic (exact) mass is 406 g/mol. The van der Waals surface area contributed by atoms with Crippen molar-refractivity contribution in [2.24, 2.45) is 0 Å². The largest absolute Gasteiger partial charge is 0.464 e. The van der Waals surface area contributed by atoms with Gasteiger partial charge in [-0.25, -0.2) is 4.79 Å². The van der Waals surface area contributed by atoms with Gasteiger partial charge in [0.25, 0.3) is 5.91 Å². The summed E-state index contributed by atoms with van der Waals surface area (Å²) in [7, 11) is 0. The van der Waals surface area contributed by atoms with E-state index in [1.807, 2.05) is 48.2 Å². The van der Waals surface area contributed by atoms with Crippen LogP contribution in [0.5, 0.6) is 0 Å². The van der Waals surface area contributed by atoms with Gasteiger partial charge in [0.05, 0.1) is 6.61 Å². The van der Waals surface area contributed by atoms with Crippen LogP contribution in [0.4, 0.5) is 0 Å². The van der Waals surface area contributed by atoms with E-state index in [0.717, 1.165) is 32.5 Å². The average molecular weight is 407 g/mol. The first-order valence-corrected chi connectivity index (χ1v) is 11.0. The quantitative estimate of drug-likeness (QED) is 0.655. The third kappa shape index (κ3) is 4.26. The van der Waals surface area contributed by atoms with Crippen molar-refractivity contribution in [3.05, 3.63) is 71.8 Å². The molecule has 0 aromatic heterocycles. The molecule has 0 unspecified atom stereocenters. The molecule has 2 aliphatic rings. The van der Waals surface area contributed by atoms with Crippen molar-refractivity contribution in [3.8, 4) is 0 Å². The Kier molecular flexibility index (Phi) is 6.18. The Hall–Kier alpha value is -2.66. The second-order valence-corrected chi connectivity index (χ2v) is 8.29. The molecule has 1 heterocycles. The number of nitrogens with zero attached hydrogens (tertiary/aromatic N) is 2. The first-order chi connectivity index (χ1) is 14.6. The highest BCUT2D eigenvalue weighted by atomic mass is 16.5. The van der Waals surface area contributed by atoms with Gasteiger partial charge >= 0.3 is 5.97 Å². The Morgan fingerprint density at radius 1 is 1.00 bits per heavy atom. The van der Waals surface area contributed by atoms with Crippen LogP contribution in [-0.4, -0.2) is 53.0 Å². The maximum absolute atomic E-state index is 13.5. The van der Waals surface area contributed by atoms with Crippen molar-refractivity contribution < 1.29 is 14.3 Å². The first kappa shape index (κ1) is 20.6. The Labute approximate surface area is 178 Å². The Balaban J connectivity index is 1.58. The average Bonchev–Trinajstić information content (AvgIpc) is 3.61. The van der Waals surface area contributed by atoms with Gasteiger partial charge in [0.1, 0.15) is 5.54 Å². The number of benzene rings is 2. The molecule has 1 saturated heterocycles. The molecule has 2 aromatic rings. The lowest BCUT2D eigenvalue weighted by Crippen LogP contribution is -2.63. The third-order valence-corrected chi connectivity index (χ3v) is 6.20. The van der Waals surface area contributed by atoms with E-state index >= 15 is 0 Å². The van der Waals surface area contributed by atoms with Gasteiger partial charge in [0, 0.05) is 31.2 Å². The third-order valence-electron chi connectivity index (χ3n) is 6.20. The van der Waals surface area contributed by atoms with Crippen LogP contribution in [0.1, 0.15) is 48.5 Å². The molecule has 1 aliphatic heterocycles. The highest BCUT2D eigenvalue weighted by Crippen LogP contribution is 2.40. The van der Waals surface area contributed by atoms with E-state index in [1.54, 1.807) is 0 Å². The number of hydrogen-bond donors (Lipinski definition) is 0. The van der Waals surface area contributed by atoms with Crippen LogP contribution in [0.25, 0.3) is 0 Å². The molecule has 2 fully saturated rings. The molecule has 158 valence electrons. The van der Waals surface area contributed by atoms with Gasteiger partial charge in [0.2, 0.25) is 0 Å². The summed E-state index contributed by atoms with van der Waals surface area (Å²) in [4.78, 5) is 31.0. The molecule has 0 spiro atoms. The Morgan fingerprint density at radius 3 is 2.17 bits per heavy atom. The van der Waals surface area contributed by atoms with E-state index < -0.39 is 5.54 Å². The minimum absolute atomic E-state index is 0.0531. The zero-order valence-corrected chi connectivity index (χ0v) is 17.6. The molecule has 0 N–H and O–H groups in total. The molecule has 5 nitrogen and oxygen atoms in total. The molecule has 30 heavy (non-hydrogen) atoms. The van der Waals surface area contributed by atoms with Crippen molar-refractivity contribution in [2.75, 3.05) is 19.7 Å². The maximum Gasteiger partial charge on any atom is 0.332 e. The highest BCUT2D eigenvalue weighted by Gasteiger charge is 2.54. The highest BCUT2D eigenvalue weighted by molar-refractivity contribution is 5.98. The van der Waals surface area contributed by atoms with Gasteiger partial charge < -0.3 is 9.64 Å². The summed E-state index contributed by atoms with van der Waals surface area (Å²) in [5, 5.41) is 0. The van der Waals surface area contributed by atoms with Crippen LogP contribution in [0, 0.1) is 0 Å². The van der Waals surface area contributed by atoms with E-state index in [9.17, 15) is 9.59 Å². The fraction of sp³-hybridized carbons (Fsp3) is 0.440. The van der Waals surface area contributed by atoms with Gasteiger partial charge in [-0.05, 0) is 50.3 Å². The van der Waals surface area contributed by atoms with Crippen LogP contribution < -0.4 is 0 Å². The van der Waals surface area contributed by atoms with Crippen LogP contribution >= 0.6 is 0 Å². The molecule has 5 heteroatoms. The number of carbonyl (C=O) groups excluding carboxylic acids is 2. The predicted octanol–water partition coefficient (Wildman–Crippen LogP) is 3.89. The predicted molar refractivity (Wildman–Crippen MR) is 116 cm³/mol. The van der Waals surface area contributed by atoms with Crippen molar-refractivity contribution in [2.45, 2.75) is 50.7 Å². The number of ether oxygens (including phenoxy) is 1. The number of rotatable bonds is 7. The summed E-state index contributed by atoms with van der Waals surface area (Å²) in [6.07, 6.45) is 3.11. The molecule has 0 radical (unpaired) electrons. The zero-order chi connectivity index (χ0) is 21.0. The number of amides is 1. The minimum atomic E-state index is -0.878. The molecule has 2 aromatic carbocycles. The SMILES string of the molecule is CCOC(=O)C1(N(C(=O)c2ccccc2)C2CC2)CCN(Cc2ccccc2)CC1. The van der Waals surface area contributed by atoms with Gasteiger partial charge in [-0.2, -0.15) is 0 Å². The molecule has 1 saturated carbocycles. The molecule has 0 bridgehead atoms. The van der Waals surface area contributed by atoms with Crippen molar-refractivity contribution in [3.63, 3.8) is 0 Å².